The van der Waals surface area contributed by atoms with Crippen molar-refractivity contribution in [2.45, 2.75) is 43.7 Å². The minimum Gasteiger partial charge on any atom is -0.333 e. The minimum absolute atomic E-state index is 0.0701. The van der Waals surface area contributed by atoms with Gasteiger partial charge in [0.1, 0.15) is 5.82 Å². The van der Waals surface area contributed by atoms with E-state index < -0.39 is 5.82 Å². The summed E-state index contributed by atoms with van der Waals surface area (Å²) in [5.74, 6) is -0.320. The van der Waals surface area contributed by atoms with Crippen LogP contribution < -0.4 is 5.32 Å². The summed E-state index contributed by atoms with van der Waals surface area (Å²) in [5.41, 5.74) is 1.46. The quantitative estimate of drug-likeness (QED) is 0.887. The van der Waals surface area contributed by atoms with Gasteiger partial charge in [-0.15, -0.1) is 0 Å². The number of carbonyl (C=O) groups is 1. The van der Waals surface area contributed by atoms with E-state index in [2.05, 4.69) is 29.6 Å². The molecule has 3 nitrogen and oxygen atoms in total. The molecule has 1 amide bonds. The van der Waals surface area contributed by atoms with Gasteiger partial charge in [-0.05, 0) is 43.5 Å². The van der Waals surface area contributed by atoms with Gasteiger partial charge in [0.2, 0.25) is 0 Å². The average Bonchev–Trinajstić information content (AvgIpc) is 2.91. The van der Waals surface area contributed by atoms with Crippen molar-refractivity contribution in [1.29, 1.82) is 0 Å². The number of nitrogens with one attached hydrogen (secondary N) is 1. The normalized spacial score (nSPS) is 26.0. The summed E-state index contributed by atoms with van der Waals surface area (Å²) >= 11 is 0. The molecule has 0 bridgehead atoms. The second-order valence-corrected chi connectivity index (χ2v) is 7.33. The van der Waals surface area contributed by atoms with Crippen LogP contribution in [0.15, 0.2) is 54.6 Å². The van der Waals surface area contributed by atoms with Gasteiger partial charge in [0, 0.05) is 18.5 Å². The second kappa shape index (κ2) is 7.58. The first kappa shape index (κ1) is 17.2. The van der Waals surface area contributed by atoms with Gasteiger partial charge in [-0.3, -0.25) is 4.79 Å². The highest BCUT2D eigenvalue weighted by molar-refractivity contribution is 5.94. The number of piperidine rings is 1. The number of benzene rings is 2. The smallest absolute Gasteiger partial charge is 0.257 e. The van der Waals surface area contributed by atoms with Crippen LogP contribution >= 0.6 is 0 Å². The number of hydrogen-bond acceptors (Lipinski definition) is 2. The monoisotopic (exact) mass is 352 g/mol. The molecule has 2 heterocycles. The Labute approximate surface area is 154 Å². The molecule has 4 rings (SSSR count). The van der Waals surface area contributed by atoms with E-state index >= 15 is 0 Å². The Morgan fingerprint density at radius 2 is 1.77 bits per heavy atom. The Balaban J connectivity index is 1.72. The number of halogens is 1. The predicted molar refractivity (Wildman–Crippen MR) is 101 cm³/mol. The predicted octanol–water partition coefficient (Wildman–Crippen LogP) is 3.97. The first-order valence-electron chi connectivity index (χ1n) is 9.59. The third-order valence-corrected chi connectivity index (χ3v) is 5.80. The standard InChI is InChI=1S/C22H25FN2O/c23-19-11-5-4-10-18(19)22(26)25-15-7-6-12-20-21(25)17(13-14-24-20)16-8-2-1-3-9-16/h1-5,8-11,17,20-21,24H,6-7,12-15H2/t17-,20-,21-/m1/s1. The molecule has 0 radical (unpaired) electrons. The molecule has 1 N–H and O–H groups in total. The zero-order valence-corrected chi connectivity index (χ0v) is 14.9. The van der Waals surface area contributed by atoms with E-state index in [1.165, 1.54) is 11.6 Å². The largest absolute Gasteiger partial charge is 0.333 e. The SMILES string of the molecule is O=C(c1ccccc1F)N1CCCC[C@H]2NCC[C@H](c3ccccc3)[C@H]21. The summed E-state index contributed by atoms with van der Waals surface area (Å²) in [6.07, 6.45) is 4.12. The summed E-state index contributed by atoms with van der Waals surface area (Å²) in [6, 6.07) is 17.1. The number of hydrogen-bond donors (Lipinski definition) is 1. The molecule has 4 heteroatoms. The molecule has 0 aliphatic carbocycles. The summed E-state index contributed by atoms with van der Waals surface area (Å²) < 4.78 is 14.3. The van der Waals surface area contributed by atoms with Crippen molar-refractivity contribution in [3.63, 3.8) is 0 Å². The van der Waals surface area contributed by atoms with E-state index in [9.17, 15) is 9.18 Å². The molecule has 0 unspecified atom stereocenters. The lowest BCUT2D eigenvalue weighted by molar-refractivity contribution is 0.0570. The van der Waals surface area contributed by atoms with Crippen molar-refractivity contribution in [3.8, 4) is 0 Å². The van der Waals surface area contributed by atoms with E-state index in [0.717, 1.165) is 32.2 Å². The van der Waals surface area contributed by atoms with Crippen LogP contribution in [-0.4, -0.2) is 36.0 Å². The number of carbonyl (C=O) groups excluding carboxylic acids is 1. The minimum atomic E-state index is -0.432. The first-order valence-corrected chi connectivity index (χ1v) is 9.59. The Bertz CT molecular complexity index is 764. The van der Waals surface area contributed by atoms with E-state index in [0.29, 0.717) is 6.54 Å². The van der Waals surface area contributed by atoms with Crippen molar-refractivity contribution >= 4 is 5.91 Å². The van der Waals surface area contributed by atoms with Crippen molar-refractivity contribution in [2.24, 2.45) is 0 Å². The van der Waals surface area contributed by atoms with Crippen LogP contribution in [0.4, 0.5) is 4.39 Å². The lowest BCUT2D eigenvalue weighted by Crippen LogP contribution is -2.57. The number of fused-ring (bicyclic) bond motifs is 1. The molecule has 136 valence electrons. The molecule has 2 saturated heterocycles. The van der Waals surface area contributed by atoms with Gasteiger partial charge in [0.25, 0.3) is 5.91 Å². The zero-order chi connectivity index (χ0) is 17.9. The molecular weight excluding hydrogens is 327 g/mol. The Kier molecular flexibility index (Phi) is 5.02. The van der Waals surface area contributed by atoms with Gasteiger partial charge in [-0.2, -0.15) is 0 Å². The average molecular weight is 352 g/mol. The lowest BCUT2D eigenvalue weighted by atomic mass is 9.80. The van der Waals surface area contributed by atoms with E-state index in [-0.39, 0.29) is 29.5 Å². The van der Waals surface area contributed by atoms with Crippen LogP contribution in [0.25, 0.3) is 0 Å². The molecule has 2 aromatic carbocycles. The van der Waals surface area contributed by atoms with Gasteiger partial charge in [-0.1, -0.05) is 48.9 Å². The van der Waals surface area contributed by atoms with Gasteiger partial charge in [0.05, 0.1) is 11.6 Å². The molecule has 2 aromatic rings. The van der Waals surface area contributed by atoms with Gasteiger partial charge in [-0.25, -0.2) is 4.39 Å². The third-order valence-electron chi connectivity index (χ3n) is 5.80. The maximum Gasteiger partial charge on any atom is 0.257 e. The maximum atomic E-state index is 14.3. The molecule has 3 atom stereocenters. The molecule has 0 spiro atoms. The van der Waals surface area contributed by atoms with E-state index in [1.807, 2.05) is 11.0 Å². The van der Waals surface area contributed by atoms with Crippen LogP contribution in [-0.2, 0) is 0 Å². The highest BCUT2D eigenvalue weighted by Gasteiger charge is 2.41. The van der Waals surface area contributed by atoms with Crippen LogP contribution in [0.1, 0.15) is 47.5 Å². The van der Waals surface area contributed by atoms with Crippen LogP contribution in [0.5, 0.6) is 0 Å². The lowest BCUT2D eigenvalue weighted by Gasteiger charge is -2.44. The number of rotatable bonds is 2. The molecule has 26 heavy (non-hydrogen) atoms. The van der Waals surface area contributed by atoms with Crippen molar-refractivity contribution in [3.05, 3.63) is 71.5 Å². The summed E-state index contributed by atoms with van der Waals surface area (Å²) in [7, 11) is 0. The van der Waals surface area contributed by atoms with Crippen molar-refractivity contribution in [1.82, 2.24) is 10.2 Å². The van der Waals surface area contributed by atoms with Crippen LogP contribution in [0.3, 0.4) is 0 Å². The van der Waals surface area contributed by atoms with Crippen LogP contribution in [0, 0.1) is 5.82 Å². The fourth-order valence-corrected chi connectivity index (χ4v) is 4.59. The second-order valence-electron chi connectivity index (χ2n) is 7.33. The molecule has 2 fully saturated rings. The molecular formula is C22H25FN2O. The van der Waals surface area contributed by atoms with E-state index in [4.69, 9.17) is 0 Å². The third kappa shape index (κ3) is 3.26. The van der Waals surface area contributed by atoms with Gasteiger partial charge in [0.15, 0.2) is 0 Å². The van der Waals surface area contributed by atoms with Gasteiger partial charge < -0.3 is 10.2 Å². The van der Waals surface area contributed by atoms with E-state index in [1.54, 1.807) is 18.2 Å². The summed E-state index contributed by atoms with van der Waals surface area (Å²) in [4.78, 5) is 15.2. The Hall–Kier alpha value is -2.20. The molecule has 2 aliphatic rings. The maximum absolute atomic E-state index is 14.3. The number of likely N-dealkylation sites (tertiary alicyclic amines) is 1. The summed E-state index contributed by atoms with van der Waals surface area (Å²) in [5, 5.41) is 3.62. The Morgan fingerprint density at radius 1 is 1.00 bits per heavy atom. The molecule has 2 aliphatic heterocycles. The van der Waals surface area contributed by atoms with Crippen molar-refractivity contribution in [2.75, 3.05) is 13.1 Å². The van der Waals surface area contributed by atoms with Crippen LogP contribution in [0.2, 0.25) is 0 Å². The summed E-state index contributed by atoms with van der Waals surface area (Å²) in [6.45, 7) is 1.65. The molecule has 0 saturated carbocycles. The Morgan fingerprint density at radius 3 is 2.58 bits per heavy atom. The fourth-order valence-electron chi connectivity index (χ4n) is 4.59. The number of nitrogens with zero attached hydrogens (tertiary/aromatic N) is 1. The highest BCUT2D eigenvalue weighted by Crippen LogP contribution is 2.36. The zero-order valence-electron chi connectivity index (χ0n) is 14.9. The fraction of sp³-hybridized carbons (Fsp3) is 0.409. The first-order chi connectivity index (χ1) is 12.8. The van der Waals surface area contributed by atoms with Crippen molar-refractivity contribution < 1.29 is 9.18 Å². The van der Waals surface area contributed by atoms with Gasteiger partial charge >= 0.3 is 0 Å². The highest BCUT2D eigenvalue weighted by atomic mass is 19.1. The molecule has 0 aromatic heterocycles. The topological polar surface area (TPSA) is 32.3 Å². The number of amides is 1.